The van der Waals surface area contributed by atoms with Crippen LogP contribution in [0, 0.1) is 27.7 Å². The van der Waals surface area contributed by atoms with Crippen molar-refractivity contribution in [3.05, 3.63) is 171 Å². The molecule has 4 heteroatoms. The van der Waals surface area contributed by atoms with Crippen LogP contribution in [0.1, 0.15) is 22.3 Å². The van der Waals surface area contributed by atoms with Crippen molar-refractivity contribution in [2.45, 2.75) is 25.7 Å². The first-order chi connectivity index (χ1) is 17.7. The Balaban J connectivity index is 0. The van der Waals surface area contributed by atoms with Crippen LogP contribution in [0.5, 0.6) is 0 Å². The summed E-state index contributed by atoms with van der Waals surface area (Å²) < 4.78 is 0. The van der Waals surface area contributed by atoms with Gasteiger partial charge in [0.25, 0.3) is 0 Å². The SMILES string of the molecule is [Br][Au].[Br][Au].[CH2-]Cc1ccccc1.[CH2-]Cc1ccccc1.[CH2-]Cc1ccccc1.[CH2-]Cc1ccccc1. The van der Waals surface area contributed by atoms with E-state index in [-0.39, 0.29) is 0 Å². The molecular weight excluding hydrogens is 938 g/mol. The predicted molar refractivity (Wildman–Crippen MR) is 160 cm³/mol. The monoisotopic (exact) mass is 972 g/mol. The van der Waals surface area contributed by atoms with Crippen molar-refractivity contribution in [2.75, 3.05) is 0 Å². The van der Waals surface area contributed by atoms with Gasteiger partial charge in [-0.15, -0.1) is 0 Å². The second kappa shape index (κ2) is 30.5. The van der Waals surface area contributed by atoms with Gasteiger partial charge in [0.05, 0.1) is 0 Å². The van der Waals surface area contributed by atoms with E-state index in [1.807, 2.05) is 72.8 Å². The van der Waals surface area contributed by atoms with Crippen molar-refractivity contribution >= 4 is 26.0 Å². The van der Waals surface area contributed by atoms with Crippen molar-refractivity contribution in [3.8, 4) is 0 Å². The molecule has 36 heavy (non-hydrogen) atoms. The average molecular weight is 974 g/mol. The van der Waals surface area contributed by atoms with Gasteiger partial charge in [0.1, 0.15) is 0 Å². The number of halogens is 2. The van der Waals surface area contributed by atoms with Gasteiger partial charge in [0, 0.05) is 0 Å². The molecular formula is C32H36Au2Br2-4. The standard InChI is InChI=1S/4C8H9.2Au.2BrH/c4*1-2-8-6-4-3-5-7-8;;;;/h4*3-7H,1-2H2;;;2*1H/q4*-1;2*+1;;/p-2. The molecule has 0 unspecified atom stereocenters. The number of rotatable bonds is 4. The minimum Gasteiger partial charge on any atom is -0.339 e. The molecule has 204 valence electrons. The van der Waals surface area contributed by atoms with E-state index in [1.165, 1.54) is 22.3 Å². The topological polar surface area (TPSA) is 0 Å². The fourth-order valence-corrected chi connectivity index (χ4v) is 2.58. The van der Waals surface area contributed by atoms with Gasteiger partial charge < -0.3 is 27.7 Å². The van der Waals surface area contributed by atoms with Crippen molar-refractivity contribution in [3.63, 3.8) is 0 Å². The van der Waals surface area contributed by atoms with Gasteiger partial charge in [-0.2, -0.15) is 25.7 Å². The van der Waals surface area contributed by atoms with Crippen LogP contribution in [0.2, 0.25) is 0 Å². The molecule has 0 atom stereocenters. The Labute approximate surface area is 258 Å². The maximum absolute atomic E-state index is 3.76. The summed E-state index contributed by atoms with van der Waals surface area (Å²) in [4.78, 5) is 0. The van der Waals surface area contributed by atoms with Gasteiger partial charge >= 0.3 is 63.9 Å². The van der Waals surface area contributed by atoms with E-state index < -0.39 is 0 Å². The third kappa shape index (κ3) is 22.5. The van der Waals surface area contributed by atoms with Crippen molar-refractivity contribution in [1.82, 2.24) is 0 Å². The molecule has 0 saturated heterocycles. The first-order valence-electron chi connectivity index (χ1n) is 11.3. The van der Waals surface area contributed by atoms with E-state index in [1.54, 1.807) is 0 Å². The normalized spacial score (nSPS) is 8.50. The molecule has 0 nitrogen and oxygen atoms in total. The maximum atomic E-state index is 3.76. The van der Waals surface area contributed by atoms with Crippen molar-refractivity contribution < 1.29 is 37.9 Å². The zero-order chi connectivity index (χ0) is 27.3. The van der Waals surface area contributed by atoms with Crippen LogP contribution < -0.4 is 0 Å². The van der Waals surface area contributed by atoms with Crippen LogP contribution in [-0.4, -0.2) is 0 Å². The summed E-state index contributed by atoms with van der Waals surface area (Å²) >= 11 is 9.94. The molecule has 0 spiro atoms. The molecule has 4 rings (SSSR count). The number of benzene rings is 4. The van der Waals surface area contributed by atoms with Gasteiger partial charge in [-0.25, -0.2) is 0 Å². The second-order valence-corrected chi connectivity index (χ2v) is 6.94. The molecule has 0 amide bonds. The van der Waals surface area contributed by atoms with Crippen LogP contribution in [0.3, 0.4) is 0 Å². The molecule has 0 heterocycles. The summed E-state index contributed by atoms with van der Waals surface area (Å²) in [6, 6.07) is 40.9. The van der Waals surface area contributed by atoms with E-state index in [9.17, 15) is 0 Å². The zero-order valence-corrected chi connectivity index (χ0v) is 28.1. The Morgan fingerprint density at radius 1 is 0.333 bits per heavy atom. The van der Waals surface area contributed by atoms with Gasteiger partial charge in [-0.1, -0.05) is 144 Å². The van der Waals surface area contributed by atoms with Gasteiger partial charge in [0.15, 0.2) is 0 Å². The molecule has 0 aliphatic rings. The largest absolute Gasteiger partial charge is 0.339 e. The first kappa shape index (κ1) is 37.5. The molecule has 0 aliphatic heterocycles. The quantitative estimate of drug-likeness (QED) is 0.141. The predicted octanol–water partition coefficient (Wildman–Crippen LogP) is 9.94. The second-order valence-electron chi connectivity index (χ2n) is 6.94. The van der Waals surface area contributed by atoms with Crippen LogP contribution in [0.15, 0.2) is 121 Å². The number of hydrogen-bond donors (Lipinski definition) is 0. The Morgan fingerprint density at radius 3 is 0.556 bits per heavy atom. The van der Waals surface area contributed by atoms with Crippen LogP contribution in [0.25, 0.3) is 0 Å². The Hall–Kier alpha value is -0.679. The molecule has 0 aliphatic carbocycles. The van der Waals surface area contributed by atoms with E-state index >= 15 is 0 Å². The van der Waals surface area contributed by atoms with Gasteiger partial charge in [0.2, 0.25) is 0 Å². The number of hydrogen-bond acceptors (Lipinski definition) is 0. The Morgan fingerprint density at radius 2 is 0.472 bits per heavy atom. The molecule has 0 saturated carbocycles. The minimum atomic E-state index is 0.890. The summed E-state index contributed by atoms with van der Waals surface area (Å²) in [5.41, 5.74) is 5.19. The van der Waals surface area contributed by atoms with Gasteiger partial charge in [-0.3, -0.25) is 0 Å². The van der Waals surface area contributed by atoms with Crippen LogP contribution >= 0.6 is 26.0 Å². The Bertz CT molecular complexity index is 746. The average Bonchev–Trinajstić information content (AvgIpc) is 3.01. The molecule has 0 radical (unpaired) electrons. The van der Waals surface area contributed by atoms with Crippen molar-refractivity contribution in [1.29, 1.82) is 0 Å². The molecule has 0 N–H and O–H groups in total. The Kier molecular flexibility index (Phi) is 31.8. The molecule has 4 aromatic carbocycles. The van der Waals surface area contributed by atoms with Gasteiger partial charge in [-0.05, 0) is 0 Å². The molecule has 4 aromatic rings. The van der Waals surface area contributed by atoms with Crippen LogP contribution in [-0.2, 0) is 63.6 Å². The fourth-order valence-electron chi connectivity index (χ4n) is 2.58. The maximum Gasteiger partial charge on any atom is -0.0617 e. The summed E-state index contributed by atoms with van der Waals surface area (Å²) in [6.45, 7) is 15.0. The summed E-state index contributed by atoms with van der Waals surface area (Å²) in [5, 5.41) is 0. The summed E-state index contributed by atoms with van der Waals surface area (Å²) in [6.07, 6.45) is 3.56. The molecule has 0 aromatic heterocycles. The summed E-state index contributed by atoms with van der Waals surface area (Å²) in [7, 11) is 0. The third-order valence-electron chi connectivity index (χ3n) is 4.53. The first-order valence-corrected chi connectivity index (χ1v) is 20.8. The van der Waals surface area contributed by atoms with E-state index in [0.29, 0.717) is 0 Å². The van der Waals surface area contributed by atoms with Crippen LogP contribution in [0.4, 0.5) is 0 Å². The minimum absolute atomic E-state index is 0.890. The fraction of sp³-hybridized carbons (Fsp3) is 0.125. The van der Waals surface area contributed by atoms with E-state index in [4.69, 9.17) is 0 Å². The zero-order valence-electron chi connectivity index (χ0n) is 20.6. The van der Waals surface area contributed by atoms with Crippen molar-refractivity contribution in [2.24, 2.45) is 0 Å². The molecule has 0 bridgehead atoms. The summed E-state index contributed by atoms with van der Waals surface area (Å²) in [5.74, 6) is 0. The molecule has 0 fully saturated rings. The van der Waals surface area contributed by atoms with E-state index in [2.05, 4.69) is 140 Å². The smallest absolute Gasteiger partial charge is 0.0617 e. The third-order valence-corrected chi connectivity index (χ3v) is 4.53. The van der Waals surface area contributed by atoms with E-state index in [0.717, 1.165) is 25.7 Å².